The number of thiophene rings is 1. The molecule has 2 heterocycles. The first-order chi connectivity index (χ1) is 13.0. The van der Waals surface area contributed by atoms with Crippen molar-refractivity contribution in [1.29, 1.82) is 0 Å². The van der Waals surface area contributed by atoms with Gasteiger partial charge in [-0.2, -0.15) is 0 Å². The van der Waals surface area contributed by atoms with Crippen LogP contribution in [0.15, 0.2) is 74.7 Å². The smallest absolute Gasteiger partial charge is 0.272 e. The van der Waals surface area contributed by atoms with Crippen molar-refractivity contribution in [3.05, 3.63) is 70.5 Å². The number of fused-ring (bicyclic) bond motifs is 1. The zero-order valence-electron chi connectivity index (χ0n) is 13.8. The zero-order valence-corrected chi connectivity index (χ0v) is 17.0. The van der Waals surface area contributed by atoms with E-state index in [1.807, 2.05) is 42.5 Å². The van der Waals surface area contributed by atoms with Gasteiger partial charge in [0.15, 0.2) is 11.6 Å². The highest BCUT2D eigenvalue weighted by atomic mass is 79.9. The molecule has 0 saturated heterocycles. The molecule has 2 aromatic heterocycles. The number of aromatic nitrogens is 2. The van der Waals surface area contributed by atoms with Crippen molar-refractivity contribution in [1.82, 2.24) is 9.97 Å². The van der Waals surface area contributed by atoms with Crippen LogP contribution in [0.3, 0.4) is 0 Å². The normalized spacial score (nSPS) is 11.4. The molecule has 136 valence electrons. The van der Waals surface area contributed by atoms with Crippen LogP contribution >= 0.6 is 27.3 Å². The van der Waals surface area contributed by atoms with Gasteiger partial charge < -0.3 is 5.32 Å². The maximum absolute atomic E-state index is 12.6. The Morgan fingerprint density at radius 3 is 2.15 bits per heavy atom. The SMILES string of the molecule is O=S(=O)(Nc1nc2ccccc2nc1Nc1ccc(Br)cc1)c1cccs1. The van der Waals surface area contributed by atoms with Crippen LogP contribution in [0.1, 0.15) is 0 Å². The molecule has 0 bridgehead atoms. The van der Waals surface area contributed by atoms with E-state index >= 15 is 0 Å². The largest absolute Gasteiger partial charge is 0.337 e. The summed E-state index contributed by atoms with van der Waals surface area (Å²) in [6.45, 7) is 0. The summed E-state index contributed by atoms with van der Waals surface area (Å²) in [4.78, 5) is 9.01. The van der Waals surface area contributed by atoms with Gasteiger partial charge in [0.05, 0.1) is 11.0 Å². The summed E-state index contributed by atoms with van der Waals surface area (Å²) in [5, 5.41) is 4.85. The van der Waals surface area contributed by atoms with E-state index in [0.717, 1.165) is 21.5 Å². The summed E-state index contributed by atoms with van der Waals surface area (Å²) in [7, 11) is -3.74. The molecule has 9 heteroatoms. The molecule has 27 heavy (non-hydrogen) atoms. The Morgan fingerprint density at radius 2 is 1.52 bits per heavy atom. The maximum atomic E-state index is 12.6. The number of anilines is 3. The molecule has 0 fully saturated rings. The first-order valence-electron chi connectivity index (χ1n) is 7.87. The van der Waals surface area contributed by atoms with Gasteiger partial charge in [0.25, 0.3) is 10.0 Å². The fraction of sp³-hybridized carbons (Fsp3) is 0. The highest BCUT2D eigenvalue weighted by molar-refractivity contribution is 9.10. The molecule has 0 aliphatic heterocycles. The summed E-state index contributed by atoms with van der Waals surface area (Å²) in [5.41, 5.74) is 2.03. The van der Waals surface area contributed by atoms with Crippen molar-refractivity contribution >= 4 is 65.6 Å². The van der Waals surface area contributed by atoms with Crippen molar-refractivity contribution in [2.24, 2.45) is 0 Å². The summed E-state index contributed by atoms with van der Waals surface area (Å²) in [5.74, 6) is 0.473. The molecule has 2 aromatic carbocycles. The molecule has 0 radical (unpaired) electrons. The fourth-order valence-electron chi connectivity index (χ4n) is 2.42. The van der Waals surface area contributed by atoms with E-state index in [2.05, 4.69) is 35.9 Å². The Morgan fingerprint density at radius 1 is 0.852 bits per heavy atom. The highest BCUT2D eigenvalue weighted by Gasteiger charge is 2.19. The van der Waals surface area contributed by atoms with Crippen molar-refractivity contribution in [2.75, 3.05) is 10.0 Å². The van der Waals surface area contributed by atoms with Gasteiger partial charge in [0.1, 0.15) is 4.21 Å². The number of nitrogens with zero attached hydrogens (tertiary/aromatic N) is 2. The first kappa shape index (κ1) is 17.9. The number of hydrogen-bond donors (Lipinski definition) is 2. The summed E-state index contributed by atoms with van der Waals surface area (Å²) < 4.78 is 29.0. The quantitative estimate of drug-likeness (QED) is 0.437. The molecule has 0 saturated carbocycles. The van der Waals surface area contributed by atoms with Crippen molar-refractivity contribution in [3.8, 4) is 0 Å². The number of benzene rings is 2. The Balaban J connectivity index is 1.78. The topological polar surface area (TPSA) is 84.0 Å². The molecule has 2 N–H and O–H groups in total. The van der Waals surface area contributed by atoms with E-state index in [0.29, 0.717) is 16.9 Å². The van der Waals surface area contributed by atoms with E-state index in [9.17, 15) is 8.42 Å². The molecule has 0 amide bonds. The third-order valence-corrected chi connectivity index (χ3v) is 6.93. The molecular weight excluding hydrogens is 448 g/mol. The molecule has 4 rings (SSSR count). The van der Waals surface area contributed by atoms with Gasteiger partial charge in [-0.3, -0.25) is 4.72 Å². The Bertz CT molecular complexity index is 1190. The number of halogens is 1. The lowest BCUT2D eigenvalue weighted by atomic mass is 10.3. The minimum atomic E-state index is -3.74. The number of nitrogens with one attached hydrogen (secondary N) is 2. The third-order valence-electron chi connectivity index (χ3n) is 3.67. The second kappa shape index (κ2) is 7.26. The second-order valence-electron chi connectivity index (χ2n) is 5.58. The Labute approximate surface area is 168 Å². The predicted octanol–water partition coefficient (Wildman–Crippen LogP) is 5.00. The van der Waals surface area contributed by atoms with Crippen LogP contribution < -0.4 is 10.0 Å². The molecular formula is C18H13BrN4O2S2. The average Bonchev–Trinajstić information content (AvgIpc) is 3.19. The van der Waals surface area contributed by atoms with Crippen LogP contribution in [0.25, 0.3) is 11.0 Å². The van der Waals surface area contributed by atoms with Crippen molar-refractivity contribution < 1.29 is 8.42 Å². The van der Waals surface area contributed by atoms with E-state index in [-0.39, 0.29) is 10.0 Å². The highest BCUT2D eigenvalue weighted by Crippen LogP contribution is 2.28. The first-order valence-corrected chi connectivity index (χ1v) is 11.0. The lowest BCUT2D eigenvalue weighted by molar-refractivity contribution is 0.603. The molecule has 0 spiro atoms. The van der Waals surface area contributed by atoms with E-state index in [4.69, 9.17) is 0 Å². The average molecular weight is 461 g/mol. The summed E-state index contributed by atoms with van der Waals surface area (Å²) in [6.07, 6.45) is 0. The van der Waals surface area contributed by atoms with Gasteiger partial charge in [0, 0.05) is 10.2 Å². The van der Waals surface area contributed by atoms with Gasteiger partial charge in [0.2, 0.25) is 0 Å². The van der Waals surface area contributed by atoms with Gasteiger partial charge in [-0.05, 0) is 47.8 Å². The standard InChI is InChI=1S/C18H13BrN4O2S2/c19-12-7-9-13(10-8-12)20-17-18(22-15-5-2-1-4-14(15)21-17)23-27(24,25)16-6-3-11-26-16/h1-11H,(H,20,21)(H,22,23). The lowest BCUT2D eigenvalue weighted by Gasteiger charge is -2.13. The van der Waals surface area contributed by atoms with Crippen LogP contribution in [-0.4, -0.2) is 18.4 Å². The Hall–Kier alpha value is -2.49. The minimum absolute atomic E-state index is 0.144. The third kappa shape index (κ3) is 3.95. The summed E-state index contributed by atoms with van der Waals surface area (Å²) in [6, 6.07) is 18.0. The zero-order chi connectivity index (χ0) is 18.9. The van der Waals surface area contributed by atoms with Crippen LogP contribution in [0.4, 0.5) is 17.3 Å². The van der Waals surface area contributed by atoms with Gasteiger partial charge in [-0.15, -0.1) is 11.3 Å². The van der Waals surface area contributed by atoms with Crippen LogP contribution in [0.2, 0.25) is 0 Å². The molecule has 6 nitrogen and oxygen atoms in total. The number of para-hydroxylation sites is 2. The predicted molar refractivity (Wildman–Crippen MR) is 112 cm³/mol. The number of hydrogen-bond acceptors (Lipinski definition) is 6. The van der Waals surface area contributed by atoms with E-state index in [1.165, 1.54) is 0 Å². The maximum Gasteiger partial charge on any atom is 0.272 e. The van der Waals surface area contributed by atoms with Crippen LogP contribution in [-0.2, 0) is 10.0 Å². The Kier molecular flexibility index (Phi) is 4.81. The molecule has 0 aliphatic rings. The van der Waals surface area contributed by atoms with Gasteiger partial charge in [-0.25, -0.2) is 18.4 Å². The van der Waals surface area contributed by atoms with E-state index in [1.54, 1.807) is 23.6 Å². The molecule has 4 aromatic rings. The van der Waals surface area contributed by atoms with Crippen molar-refractivity contribution in [3.63, 3.8) is 0 Å². The minimum Gasteiger partial charge on any atom is -0.337 e. The fourth-order valence-corrected chi connectivity index (χ4v) is 4.69. The number of sulfonamides is 1. The monoisotopic (exact) mass is 460 g/mol. The van der Waals surface area contributed by atoms with Gasteiger partial charge in [-0.1, -0.05) is 34.1 Å². The van der Waals surface area contributed by atoms with E-state index < -0.39 is 10.0 Å². The molecule has 0 aliphatic carbocycles. The number of rotatable bonds is 5. The molecule has 0 atom stereocenters. The lowest BCUT2D eigenvalue weighted by Crippen LogP contribution is -2.15. The molecule has 0 unspecified atom stereocenters. The van der Waals surface area contributed by atoms with Crippen LogP contribution in [0, 0.1) is 0 Å². The van der Waals surface area contributed by atoms with Crippen molar-refractivity contribution in [2.45, 2.75) is 4.21 Å². The van der Waals surface area contributed by atoms with Crippen LogP contribution in [0.5, 0.6) is 0 Å². The summed E-state index contributed by atoms with van der Waals surface area (Å²) >= 11 is 4.53. The van der Waals surface area contributed by atoms with Gasteiger partial charge >= 0.3 is 0 Å². The second-order valence-corrected chi connectivity index (χ2v) is 9.35.